The summed E-state index contributed by atoms with van der Waals surface area (Å²) in [6.45, 7) is 2.42. The third-order valence-electron chi connectivity index (χ3n) is 6.44. The number of nitrogens with zero attached hydrogens (tertiary/aromatic N) is 4. The fraction of sp³-hybridized carbons (Fsp3) is 0.423. The summed E-state index contributed by atoms with van der Waals surface area (Å²) in [5, 5.41) is 18.3. The van der Waals surface area contributed by atoms with Gasteiger partial charge in [0.25, 0.3) is 0 Å². The Morgan fingerprint density at radius 2 is 2.12 bits per heavy atom. The van der Waals surface area contributed by atoms with Crippen molar-refractivity contribution < 1.29 is 14.2 Å². The zero-order valence-corrected chi connectivity index (χ0v) is 18.8. The van der Waals surface area contributed by atoms with Crippen molar-refractivity contribution in [2.75, 3.05) is 33.4 Å². The number of hydrogen-bond donors (Lipinski definition) is 1. The first-order chi connectivity index (χ1) is 16.2. The molecule has 6 nitrogen and oxygen atoms in total. The van der Waals surface area contributed by atoms with Gasteiger partial charge in [-0.2, -0.15) is 10.2 Å². The third kappa shape index (κ3) is 5.84. The van der Waals surface area contributed by atoms with E-state index in [4.69, 9.17) is 4.74 Å². The van der Waals surface area contributed by atoms with Crippen molar-refractivity contribution >= 4 is 10.9 Å². The molecule has 172 valence electrons. The Kier molecular flexibility index (Phi) is 7.82. The molecule has 0 bridgehead atoms. The van der Waals surface area contributed by atoms with Crippen LogP contribution in [0, 0.1) is 23.7 Å². The molecule has 1 aromatic carbocycles. The van der Waals surface area contributed by atoms with Crippen LogP contribution in [0.2, 0.25) is 0 Å². The van der Waals surface area contributed by atoms with Crippen LogP contribution in [0.15, 0.2) is 48.9 Å². The van der Waals surface area contributed by atoms with Crippen molar-refractivity contribution in [1.82, 2.24) is 20.1 Å². The number of benzene rings is 1. The van der Waals surface area contributed by atoms with Crippen molar-refractivity contribution in [3.63, 3.8) is 0 Å². The second-order valence-electron chi connectivity index (χ2n) is 8.49. The predicted molar refractivity (Wildman–Crippen MR) is 125 cm³/mol. The Morgan fingerprint density at radius 1 is 1.21 bits per heavy atom. The summed E-state index contributed by atoms with van der Waals surface area (Å²) < 4.78 is 20.6. The predicted octanol–water partition coefficient (Wildman–Crippen LogP) is 3.81. The first kappa shape index (κ1) is 23.1. The van der Waals surface area contributed by atoms with E-state index in [9.17, 15) is 5.11 Å². The van der Waals surface area contributed by atoms with E-state index < -0.39 is 6.17 Å². The fourth-order valence-electron chi connectivity index (χ4n) is 4.57. The Bertz CT molecular complexity index is 1120. The van der Waals surface area contributed by atoms with Gasteiger partial charge in [0.15, 0.2) is 0 Å². The van der Waals surface area contributed by atoms with Crippen LogP contribution in [0.1, 0.15) is 36.6 Å². The van der Waals surface area contributed by atoms with Gasteiger partial charge in [0.2, 0.25) is 0 Å². The summed E-state index contributed by atoms with van der Waals surface area (Å²) in [4.78, 5) is 6.61. The summed E-state index contributed by atoms with van der Waals surface area (Å²) in [7, 11) is 1.60. The van der Waals surface area contributed by atoms with Gasteiger partial charge in [-0.15, -0.1) is 0 Å². The van der Waals surface area contributed by atoms with Crippen LogP contribution in [0.5, 0.6) is 5.75 Å². The molecule has 0 aliphatic carbocycles. The highest BCUT2D eigenvalue weighted by Gasteiger charge is 2.29. The Hall–Kier alpha value is -3.08. The topological polar surface area (TPSA) is 71.4 Å². The molecule has 1 N–H and O–H groups in total. The van der Waals surface area contributed by atoms with Crippen LogP contribution in [0.3, 0.4) is 0 Å². The van der Waals surface area contributed by atoms with Crippen molar-refractivity contribution in [2.45, 2.75) is 25.4 Å². The molecule has 1 aliphatic heterocycles. The van der Waals surface area contributed by atoms with Crippen molar-refractivity contribution in [3.05, 3.63) is 60.0 Å². The molecule has 3 atom stereocenters. The van der Waals surface area contributed by atoms with Crippen molar-refractivity contribution in [3.8, 4) is 17.6 Å². The number of aliphatic hydroxyl groups excluding tert-OH is 1. The van der Waals surface area contributed by atoms with Gasteiger partial charge in [0.1, 0.15) is 11.9 Å². The molecule has 0 spiro atoms. The lowest BCUT2D eigenvalue weighted by Gasteiger charge is -2.37. The molecule has 3 heterocycles. The van der Waals surface area contributed by atoms with Gasteiger partial charge in [0, 0.05) is 30.3 Å². The number of likely N-dealkylation sites (tertiary alicyclic amines) is 1. The van der Waals surface area contributed by atoms with Gasteiger partial charge in [-0.05, 0) is 73.5 Å². The second kappa shape index (κ2) is 11.2. The zero-order valence-electron chi connectivity index (χ0n) is 18.8. The molecule has 4 rings (SSSR count). The maximum absolute atomic E-state index is 15.3. The van der Waals surface area contributed by atoms with Crippen molar-refractivity contribution in [2.24, 2.45) is 11.8 Å². The van der Waals surface area contributed by atoms with Gasteiger partial charge < -0.3 is 9.84 Å². The van der Waals surface area contributed by atoms with E-state index in [1.165, 1.54) is 0 Å². The van der Waals surface area contributed by atoms with Crippen LogP contribution in [0.25, 0.3) is 10.9 Å². The van der Waals surface area contributed by atoms with E-state index in [2.05, 4.69) is 31.9 Å². The fourth-order valence-corrected chi connectivity index (χ4v) is 4.57. The van der Waals surface area contributed by atoms with E-state index in [0.29, 0.717) is 30.2 Å². The number of ether oxygens (including phenoxy) is 1. The van der Waals surface area contributed by atoms with Gasteiger partial charge in [0.05, 0.1) is 31.6 Å². The molecule has 0 amide bonds. The molecule has 33 heavy (non-hydrogen) atoms. The lowest BCUT2D eigenvalue weighted by molar-refractivity contribution is 0.0708. The highest BCUT2D eigenvalue weighted by molar-refractivity contribution is 5.83. The summed E-state index contributed by atoms with van der Waals surface area (Å²) in [6, 6.07) is 9.14. The molecular formula is C26H29FN4O2. The summed E-state index contributed by atoms with van der Waals surface area (Å²) in [6.07, 6.45) is 5.94. The quantitative estimate of drug-likeness (QED) is 0.555. The summed E-state index contributed by atoms with van der Waals surface area (Å²) in [5.41, 5.74) is 2.26. The normalized spacial score (nSPS) is 19.6. The SMILES string of the molecule is COc1ccc2nccc(C(F)CC[C@@H]3CCN(CC#Cc4ccnnc4)C[C@@H]3CO)c2c1. The molecule has 7 heteroatoms. The van der Waals surface area contributed by atoms with Crippen LogP contribution in [-0.4, -0.2) is 58.5 Å². The number of pyridine rings is 1. The molecule has 1 unspecified atom stereocenters. The number of fused-ring (bicyclic) bond motifs is 1. The number of halogens is 1. The molecule has 2 aromatic heterocycles. The van der Waals surface area contributed by atoms with Gasteiger partial charge in [-0.1, -0.05) is 11.8 Å². The van der Waals surface area contributed by atoms with Crippen LogP contribution < -0.4 is 4.74 Å². The lowest BCUT2D eigenvalue weighted by Crippen LogP contribution is -2.42. The third-order valence-corrected chi connectivity index (χ3v) is 6.44. The second-order valence-corrected chi connectivity index (χ2v) is 8.49. The molecule has 1 fully saturated rings. The van der Waals surface area contributed by atoms with E-state index >= 15 is 4.39 Å². The van der Waals surface area contributed by atoms with Crippen LogP contribution in [0.4, 0.5) is 4.39 Å². The minimum Gasteiger partial charge on any atom is -0.497 e. The largest absolute Gasteiger partial charge is 0.497 e. The minimum atomic E-state index is -1.08. The average molecular weight is 449 g/mol. The zero-order chi connectivity index (χ0) is 23.0. The van der Waals surface area contributed by atoms with E-state index in [-0.39, 0.29) is 12.5 Å². The number of piperidine rings is 1. The average Bonchev–Trinajstić information content (AvgIpc) is 2.87. The van der Waals surface area contributed by atoms with E-state index in [1.54, 1.807) is 31.8 Å². The van der Waals surface area contributed by atoms with E-state index in [1.807, 2.05) is 24.3 Å². The first-order valence-corrected chi connectivity index (χ1v) is 11.3. The number of hydrogen-bond acceptors (Lipinski definition) is 6. The van der Waals surface area contributed by atoms with Gasteiger partial charge in [-0.3, -0.25) is 9.88 Å². The van der Waals surface area contributed by atoms with Gasteiger partial charge >= 0.3 is 0 Å². The molecular weight excluding hydrogens is 419 g/mol. The smallest absolute Gasteiger partial charge is 0.126 e. The Morgan fingerprint density at radius 3 is 2.91 bits per heavy atom. The van der Waals surface area contributed by atoms with Crippen LogP contribution in [-0.2, 0) is 0 Å². The molecule has 3 aromatic rings. The monoisotopic (exact) mass is 448 g/mol. The maximum Gasteiger partial charge on any atom is 0.126 e. The molecule has 0 saturated carbocycles. The highest BCUT2D eigenvalue weighted by Crippen LogP contribution is 2.35. The van der Waals surface area contributed by atoms with Gasteiger partial charge in [-0.25, -0.2) is 4.39 Å². The lowest BCUT2D eigenvalue weighted by atomic mass is 9.81. The first-order valence-electron chi connectivity index (χ1n) is 11.3. The Balaban J connectivity index is 1.34. The number of aliphatic hydroxyl groups is 1. The summed E-state index contributed by atoms with van der Waals surface area (Å²) in [5.74, 6) is 7.40. The summed E-state index contributed by atoms with van der Waals surface area (Å²) >= 11 is 0. The Labute approximate surface area is 193 Å². The molecule has 1 saturated heterocycles. The molecule has 1 aliphatic rings. The number of alkyl halides is 1. The molecule has 0 radical (unpaired) electrons. The number of rotatable bonds is 7. The number of methoxy groups -OCH3 is 1. The highest BCUT2D eigenvalue weighted by atomic mass is 19.1. The van der Waals surface area contributed by atoms with Crippen LogP contribution >= 0.6 is 0 Å². The minimum absolute atomic E-state index is 0.106. The maximum atomic E-state index is 15.3. The van der Waals surface area contributed by atoms with E-state index in [0.717, 1.165) is 42.4 Å². The number of aromatic nitrogens is 3. The standard InChI is InChI=1S/C26H29FN4O2/c1-33-22-5-7-26-24(15-22)23(9-11-28-26)25(27)6-4-20-10-14-31(17-21(20)18-32)13-2-3-19-8-12-29-30-16-19/h5,7-9,11-12,15-16,20-21,25,32H,4,6,10,13-14,17-18H2,1H3/t20-,21-,25?/m1/s1. The van der Waals surface area contributed by atoms with Crippen molar-refractivity contribution in [1.29, 1.82) is 0 Å².